The van der Waals surface area contributed by atoms with E-state index in [1.165, 1.54) is 0 Å². The highest BCUT2D eigenvalue weighted by Crippen LogP contribution is 2.17. The summed E-state index contributed by atoms with van der Waals surface area (Å²) in [5.74, 6) is -1.38. The molecule has 0 saturated heterocycles. The molecule has 0 unspecified atom stereocenters. The highest BCUT2D eigenvalue weighted by Gasteiger charge is 2.19. The fraction of sp³-hybridized carbons (Fsp3) is 0.471. The molecule has 0 bridgehead atoms. The molecule has 1 saturated carbocycles. The van der Waals surface area contributed by atoms with E-state index in [4.69, 9.17) is 9.84 Å². The second-order valence-corrected chi connectivity index (χ2v) is 5.78. The Morgan fingerprint density at radius 2 is 1.88 bits per heavy atom. The molecular formula is C17H23N3O5. The van der Waals surface area contributed by atoms with Crippen LogP contribution in [0.25, 0.3) is 0 Å². The maximum Gasteiger partial charge on any atom is 0.340 e. The molecule has 136 valence electrons. The topological polar surface area (TPSA) is 117 Å². The molecular weight excluding hydrogens is 326 g/mol. The van der Waals surface area contributed by atoms with Gasteiger partial charge in [0.05, 0.1) is 12.2 Å². The summed E-state index contributed by atoms with van der Waals surface area (Å²) >= 11 is 0. The number of hydrogen-bond donors (Lipinski definition) is 4. The molecule has 1 aliphatic carbocycles. The molecule has 25 heavy (non-hydrogen) atoms. The number of hydrogen-bond acceptors (Lipinski definition) is 6. The number of carbonyl (C=O) groups is 3. The molecule has 0 heterocycles. The molecule has 4 N–H and O–H groups in total. The number of ether oxygens (including phenoxy) is 1. The molecule has 8 nitrogen and oxygen atoms in total. The second kappa shape index (κ2) is 9.63. The Kier molecular flexibility index (Phi) is 7.21. The average Bonchev–Trinajstić information content (AvgIpc) is 3.10. The predicted octanol–water partition coefficient (Wildman–Crippen LogP) is 1.02. The molecule has 8 heteroatoms. The summed E-state index contributed by atoms with van der Waals surface area (Å²) in [4.78, 5) is 35.5. The molecule has 3 amide bonds. The Morgan fingerprint density at radius 1 is 1.16 bits per heavy atom. The number of aliphatic hydroxyl groups is 1. The van der Waals surface area contributed by atoms with E-state index >= 15 is 0 Å². The summed E-state index contributed by atoms with van der Waals surface area (Å²) in [6.45, 7) is -0.348. The number of anilines is 1. The Labute approximate surface area is 145 Å². The van der Waals surface area contributed by atoms with Crippen LogP contribution in [0, 0.1) is 0 Å². The Bertz CT molecular complexity index is 614. The predicted molar refractivity (Wildman–Crippen MR) is 91.2 cm³/mol. The lowest BCUT2D eigenvalue weighted by Crippen LogP contribution is -2.45. The number of benzene rings is 1. The van der Waals surface area contributed by atoms with E-state index in [9.17, 15) is 14.4 Å². The normalized spacial score (nSPS) is 14.0. The molecule has 1 aromatic carbocycles. The molecule has 0 spiro atoms. The van der Waals surface area contributed by atoms with Gasteiger partial charge in [-0.2, -0.15) is 0 Å². The van der Waals surface area contributed by atoms with E-state index in [0.717, 1.165) is 25.7 Å². The van der Waals surface area contributed by atoms with Crippen LogP contribution in [0.15, 0.2) is 24.3 Å². The van der Waals surface area contributed by atoms with Crippen molar-refractivity contribution in [2.45, 2.75) is 31.7 Å². The summed E-state index contributed by atoms with van der Waals surface area (Å²) in [6.07, 6.45) is 3.96. The molecule has 2 rings (SSSR count). The van der Waals surface area contributed by atoms with Gasteiger partial charge < -0.3 is 20.5 Å². The van der Waals surface area contributed by atoms with Crippen molar-refractivity contribution in [2.24, 2.45) is 0 Å². The monoisotopic (exact) mass is 349 g/mol. The minimum Gasteiger partial charge on any atom is -0.452 e. The van der Waals surface area contributed by atoms with E-state index < -0.39 is 24.5 Å². The van der Waals surface area contributed by atoms with Gasteiger partial charge in [0.25, 0.3) is 5.91 Å². The Balaban J connectivity index is 1.79. The number of urea groups is 1. The molecule has 0 aromatic heterocycles. The largest absolute Gasteiger partial charge is 0.452 e. The molecule has 1 aliphatic rings. The second-order valence-electron chi connectivity index (χ2n) is 5.78. The zero-order valence-electron chi connectivity index (χ0n) is 13.9. The summed E-state index contributed by atoms with van der Waals surface area (Å²) in [6, 6.07) is 6.14. The first kappa shape index (κ1) is 18.7. The van der Waals surface area contributed by atoms with Gasteiger partial charge in [-0.15, -0.1) is 0 Å². The molecule has 1 fully saturated rings. The van der Waals surface area contributed by atoms with Crippen LogP contribution in [0.2, 0.25) is 0 Å². The number of amides is 3. The summed E-state index contributed by atoms with van der Waals surface area (Å²) in [7, 11) is 0. The third kappa shape index (κ3) is 6.07. The van der Waals surface area contributed by atoms with Crippen LogP contribution in [0.3, 0.4) is 0 Å². The van der Waals surface area contributed by atoms with E-state index in [-0.39, 0.29) is 24.8 Å². The number of rotatable bonds is 7. The summed E-state index contributed by atoms with van der Waals surface area (Å²) < 4.78 is 4.95. The lowest BCUT2D eigenvalue weighted by Gasteiger charge is -2.13. The maximum absolute atomic E-state index is 12.1. The van der Waals surface area contributed by atoms with Crippen molar-refractivity contribution < 1.29 is 24.2 Å². The van der Waals surface area contributed by atoms with Crippen molar-refractivity contribution in [3.8, 4) is 0 Å². The van der Waals surface area contributed by atoms with Crippen LogP contribution in [-0.4, -0.2) is 48.8 Å². The van der Waals surface area contributed by atoms with Gasteiger partial charge in [-0.25, -0.2) is 9.59 Å². The van der Waals surface area contributed by atoms with Crippen LogP contribution in [0.4, 0.5) is 10.5 Å². The van der Waals surface area contributed by atoms with E-state index in [1.807, 2.05) is 0 Å². The van der Waals surface area contributed by atoms with Gasteiger partial charge in [-0.3, -0.25) is 10.1 Å². The molecule has 1 aromatic rings. The van der Waals surface area contributed by atoms with Gasteiger partial charge in [-0.1, -0.05) is 25.0 Å². The minimum atomic E-state index is -0.690. The van der Waals surface area contributed by atoms with Gasteiger partial charge in [0.15, 0.2) is 6.61 Å². The highest BCUT2D eigenvalue weighted by atomic mass is 16.5. The fourth-order valence-corrected chi connectivity index (χ4v) is 2.67. The van der Waals surface area contributed by atoms with Gasteiger partial charge >= 0.3 is 12.0 Å². The maximum atomic E-state index is 12.1. The SMILES string of the molecule is O=C(COC(=O)c1ccccc1NCCO)NC(=O)NC1CCCC1. The van der Waals surface area contributed by atoms with Crippen LogP contribution < -0.4 is 16.0 Å². The van der Waals surface area contributed by atoms with E-state index in [2.05, 4.69) is 16.0 Å². The minimum absolute atomic E-state index is 0.0815. The third-order valence-corrected chi connectivity index (χ3v) is 3.85. The smallest absolute Gasteiger partial charge is 0.340 e. The highest BCUT2D eigenvalue weighted by molar-refractivity contribution is 5.99. The lowest BCUT2D eigenvalue weighted by molar-refractivity contribution is -0.123. The first-order valence-corrected chi connectivity index (χ1v) is 8.31. The van der Waals surface area contributed by atoms with Crippen molar-refractivity contribution in [3.05, 3.63) is 29.8 Å². The molecule has 0 radical (unpaired) electrons. The van der Waals surface area contributed by atoms with E-state index in [1.54, 1.807) is 24.3 Å². The van der Waals surface area contributed by atoms with Crippen LogP contribution >= 0.6 is 0 Å². The number of esters is 1. The number of para-hydroxylation sites is 1. The summed E-state index contributed by atoms with van der Waals surface area (Å²) in [5.41, 5.74) is 0.750. The standard InChI is InChI=1S/C17H23N3O5/c21-10-9-18-14-8-4-3-7-13(14)16(23)25-11-15(22)20-17(24)19-12-5-1-2-6-12/h3-4,7-8,12,18,21H,1-2,5-6,9-11H2,(H2,19,20,22,24). The fourth-order valence-electron chi connectivity index (χ4n) is 2.67. The molecule has 0 atom stereocenters. The first-order valence-electron chi connectivity index (χ1n) is 8.31. The van der Waals surface area contributed by atoms with Crippen molar-refractivity contribution in [2.75, 3.05) is 25.1 Å². The van der Waals surface area contributed by atoms with Gasteiger partial charge in [0.1, 0.15) is 0 Å². The quantitative estimate of drug-likeness (QED) is 0.546. The average molecular weight is 349 g/mol. The third-order valence-electron chi connectivity index (χ3n) is 3.85. The number of imide groups is 1. The van der Waals surface area contributed by atoms with Crippen LogP contribution in [0.5, 0.6) is 0 Å². The first-order chi connectivity index (χ1) is 12.1. The number of aliphatic hydroxyl groups excluding tert-OH is 1. The van der Waals surface area contributed by atoms with Gasteiger partial charge in [0.2, 0.25) is 0 Å². The van der Waals surface area contributed by atoms with Crippen molar-refractivity contribution in [3.63, 3.8) is 0 Å². The summed E-state index contributed by atoms with van der Waals surface area (Å²) in [5, 5.41) is 16.6. The zero-order chi connectivity index (χ0) is 18.1. The molecule has 0 aliphatic heterocycles. The number of nitrogens with one attached hydrogen (secondary N) is 3. The lowest BCUT2D eigenvalue weighted by atomic mass is 10.2. The van der Waals surface area contributed by atoms with Crippen molar-refractivity contribution in [1.82, 2.24) is 10.6 Å². The Morgan fingerprint density at radius 3 is 2.60 bits per heavy atom. The van der Waals surface area contributed by atoms with Crippen LogP contribution in [-0.2, 0) is 9.53 Å². The number of carbonyl (C=O) groups excluding carboxylic acids is 3. The van der Waals surface area contributed by atoms with Crippen molar-refractivity contribution in [1.29, 1.82) is 0 Å². The Hall–Kier alpha value is -2.61. The van der Waals surface area contributed by atoms with Gasteiger partial charge in [0, 0.05) is 18.3 Å². The van der Waals surface area contributed by atoms with Crippen molar-refractivity contribution >= 4 is 23.6 Å². The zero-order valence-corrected chi connectivity index (χ0v) is 13.9. The van der Waals surface area contributed by atoms with Gasteiger partial charge in [-0.05, 0) is 25.0 Å². The van der Waals surface area contributed by atoms with E-state index in [0.29, 0.717) is 5.69 Å². The van der Waals surface area contributed by atoms with Crippen LogP contribution in [0.1, 0.15) is 36.0 Å².